The summed E-state index contributed by atoms with van der Waals surface area (Å²) in [5.41, 5.74) is 3.18. The lowest BCUT2D eigenvalue weighted by Gasteiger charge is -2.16. The number of hydroxylamine groups is 1. The van der Waals surface area contributed by atoms with Gasteiger partial charge in [0.05, 0.1) is 12.7 Å². The van der Waals surface area contributed by atoms with E-state index in [9.17, 15) is 14.4 Å². The smallest absolute Gasteiger partial charge is 0.275 e. The monoisotopic (exact) mass is 339 g/mol. The zero-order valence-corrected chi connectivity index (χ0v) is 14.8. The number of hydrogen-bond acceptors (Lipinski definition) is 4. The van der Waals surface area contributed by atoms with Crippen molar-refractivity contribution in [2.24, 2.45) is 5.41 Å². The van der Waals surface area contributed by atoms with E-state index in [1.165, 1.54) is 7.11 Å². The zero-order chi connectivity index (χ0) is 18.6. The fraction of sp³-hybridized carbons (Fsp3) is 0.250. The highest BCUT2D eigenvalue weighted by Gasteiger charge is 2.23. The molecule has 0 aliphatic rings. The van der Waals surface area contributed by atoms with Crippen molar-refractivity contribution in [2.45, 2.75) is 20.8 Å². The molecule has 5 nitrogen and oxygen atoms in total. The molecule has 0 heterocycles. The summed E-state index contributed by atoms with van der Waals surface area (Å²) in [7, 11) is 1.33. The lowest BCUT2D eigenvalue weighted by atomic mass is 9.86. The number of hydrogen-bond donors (Lipinski definition) is 1. The van der Waals surface area contributed by atoms with E-state index in [4.69, 9.17) is 0 Å². The van der Waals surface area contributed by atoms with Gasteiger partial charge in [0.25, 0.3) is 5.91 Å². The summed E-state index contributed by atoms with van der Waals surface area (Å²) in [6.45, 7) is 5.54. The molecular formula is C20H21NO4. The van der Waals surface area contributed by atoms with Gasteiger partial charge in [0.15, 0.2) is 11.6 Å². The molecule has 5 heteroatoms. The number of benzene rings is 2. The molecule has 1 N–H and O–H groups in total. The van der Waals surface area contributed by atoms with Gasteiger partial charge in [0, 0.05) is 22.1 Å². The quantitative estimate of drug-likeness (QED) is 0.669. The molecule has 0 fully saturated rings. The second kappa shape index (κ2) is 7.40. The van der Waals surface area contributed by atoms with Gasteiger partial charge in [-0.1, -0.05) is 63.2 Å². The fourth-order valence-corrected chi connectivity index (χ4v) is 2.39. The van der Waals surface area contributed by atoms with Gasteiger partial charge in [-0.2, -0.15) is 0 Å². The van der Waals surface area contributed by atoms with Gasteiger partial charge >= 0.3 is 0 Å². The maximum Gasteiger partial charge on any atom is 0.275 e. The Bertz CT molecular complexity index is 801. The molecule has 0 atom stereocenters. The van der Waals surface area contributed by atoms with Crippen LogP contribution < -0.4 is 5.48 Å². The highest BCUT2D eigenvalue weighted by atomic mass is 16.6. The molecule has 0 saturated carbocycles. The van der Waals surface area contributed by atoms with Crippen molar-refractivity contribution in [1.29, 1.82) is 0 Å². The van der Waals surface area contributed by atoms with Crippen LogP contribution in [0.5, 0.6) is 0 Å². The number of ketones is 2. The van der Waals surface area contributed by atoms with Crippen molar-refractivity contribution in [3.05, 3.63) is 70.8 Å². The molecule has 2 aromatic rings. The fourth-order valence-electron chi connectivity index (χ4n) is 2.39. The number of carbonyl (C=O) groups excluding carboxylic acids is 3. The molecule has 0 aliphatic carbocycles. The van der Waals surface area contributed by atoms with E-state index in [-0.39, 0.29) is 22.7 Å². The van der Waals surface area contributed by atoms with Crippen molar-refractivity contribution in [1.82, 2.24) is 5.48 Å². The van der Waals surface area contributed by atoms with E-state index < -0.39 is 11.3 Å². The lowest BCUT2D eigenvalue weighted by Crippen LogP contribution is -2.24. The maximum atomic E-state index is 12.7. The molecule has 2 rings (SSSR count). The van der Waals surface area contributed by atoms with Gasteiger partial charge in [0.1, 0.15) is 0 Å². The molecule has 0 saturated heterocycles. The van der Waals surface area contributed by atoms with Gasteiger partial charge in [-0.05, 0) is 6.07 Å². The van der Waals surface area contributed by atoms with Crippen LogP contribution in [-0.4, -0.2) is 24.6 Å². The summed E-state index contributed by atoms with van der Waals surface area (Å²) >= 11 is 0. The van der Waals surface area contributed by atoms with Crippen molar-refractivity contribution in [2.75, 3.05) is 7.11 Å². The Morgan fingerprint density at radius 2 is 1.36 bits per heavy atom. The third kappa shape index (κ3) is 4.19. The molecule has 130 valence electrons. The van der Waals surface area contributed by atoms with Crippen LogP contribution in [0.4, 0.5) is 0 Å². The molecule has 2 aromatic carbocycles. The first kappa shape index (κ1) is 18.5. The standard InChI is InChI=1S/C20H21NO4/c1-20(2,3)18(23)14-11-9-13(10-12-14)17(22)15-7-5-6-8-16(15)19(24)21-25-4/h5-12H,1-4H3,(H,21,24). The molecule has 25 heavy (non-hydrogen) atoms. The van der Waals surface area contributed by atoms with E-state index in [1.807, 2.05) is 20.8 Å². The Hall–Kier alpha value is -2.79. The summed E-state index contributed by atoms with van der Waals surface area (Å²) in [5.74, 6) is -0.783. The summed E-state index contributed by atoms with van der Waals surface area (Å²) in [6.07, 6.45) is 0. The first-order valence-corrected chi connectivity index (χ1v) is 7.87. The highest BCUT2D eigenvalue weighted by Crippen LogP contribution is 2.22. The van der Waals surface area contributed by atoms with Gasteiger partial charge < -0.3 is 0 Å². The van der Waals surface area contributed by atoms with Gasteiger partial charge in [-0.25, -0.2) is 5.48 Å². The van der Waals surface area contributed by atoms with Crippen LogP contribution in [0, 0.1) is 5.41 Å². The Balaban J connectivity index is 2.33. The Morgan fingerprint density at radius 1 is 0.840 bits per heavy atom. The molecular weight excluding hydrogens is 318 g/mol. The van der Waals surface area contributed by atoms with Crippen LogP contribution in [-0.2, 0) is 4.84 Å². The van der Waals surface area contributed by atoms with Crippen LogP contribution >= 0.6 is 0 Å². The second-order valence-corrected chi connectivity index (χ2v) is 6.67. The van der Waals surface area contributed by atoms with Crippen LogP contribution in [0.3, 0.4) is 0 Å². The Morgan fingerprint density at radius 3 is 1.88 bits per heavy atom. The average Bonchev–Trinajstić information content (AvgIpc) is 2.60. The molecule has 0 spiro atoms. The molecule has 0 bridgehead atoms. The average molecular weight is 339 g/mol. The third-order valence-electron chi connectivity index (χ3n) is 3.70. The topological polar surface area (TPSA) is 72.5 Å². The van der Waals surface area contributed by atoms with Gasteiger partial charge in [-0.3, -0.25) is 19.2 Å². The number of rotatable bonds is 5. The Kier molecular flexibility index (Phi) is 5.49. The molecule has 0 radical (unpaired) electrons. The molecule has 0 aliphatic heterocycles. The predicted molar refractivity (Wildman–Crippen MR) is 94.6 cm³/mol. The molecule has 0 unspecified atom stereocenters. The summed E-state index contributed by atoms with van der Waals surface area (Å²) in [6, 6.07) is 13.0. The summed E-state index contributed by atoms with van der Waals surface area (Å²) in [5, 5.41) is 0. The van der Waals surface area contributed by atoms with Gasteiger partial charge in [0.2, 0.25) is 0 Å². The van der Waals surface area contributed by atoms with Crippen molar-refractivity contribution in [3.8, 4) is 0 Å². The SMILES string of the molecule is CONC(=O)c1ccccc1C(=O)c1ccc(C(=O)C(C)(C)C)cc1. The van der Waals surface area contributed by atoms with Crippen LogP contribution in [0.2, 0.25) is 0 Å². The van der Waals surface area contributed by atoms with E-state index in [1.54, 1.807) is 48.5 Å². The first-order valence-electron chi connectivity index (χ1n) is 7.87. The van der Waals surface area contributed by atoms with Crippen LogP contribution in [0.25, 0.3) is 0 Å². The second-order valence-electron chi connectivity index (χ2n) is 6.67. The Labute approximate surface area is 147 Å². The van der Waals surface area contributed by atoms with E-state index in [0.29, 0.717) is 11.1 Å². The minimum Gasteiger partial charge on any atom is -0.294 e. The number of carbonyl (C=O) groups is 3. The number of Topliss-reactive ketones (excluding diaryl/α,β-unsaturated/α-hetero) is 1. The molecule has 1 amide bonds. The highest BCUT2D eigenvalue weighted by molar-refractivity contribution is 6.15. The van der Waals surface area contributed by atoms with E-state index >= 15 is 0 Å². The van der Waals surface area contributed by atoms with Crippen LogP contribution in [0.15, 0.2) is 48.5 Å². The van der Waals surface area contributed by atoms with Crippen LogP contribution in [0.1, 0.15) is 57.4 Å². The van der Waals surface area contributed by atoms with E-state index in [2.05, 4.69) is 10.3 Å². The maximum absolute atomic E-state index is 12.7. The van der Waals surface area contributed by atoms with E-state index in [0.717, 1.165) is 0 Å². The largest absolute Gasteiger partial charge is 0.294 e. The third-order valence-corrected chi connectivity index (χ3v) is 3.70. The molecule has 0 aromatic heterocycles. The predicted octanol–water partition coefficient (Wildman–Crippen LogP) is 3.44. The minimum atomic E-state index is -0.494. The lowest BCUT2D eigenvalue weighted by molar-refractivity contribution is 0.0535. The minimum absolute atomic E-state index is 0.00590. The summed E-state index contributed by atoms with van der Waals surface area (Å²) < 4.78 is 0. The number of amides is 1. The van der Waals surface area contributed by atoms with Crippen molar-refractivity contribution in [3.63, 3.8) is 0 Å². The first-order chi connectivity index (χ1) is 11.8. The normalized spacial score (nSPS) is 11.0. The van der Waals surface area contributed by atoms with Crippen molar-refractivity contribution < 1.29 is 19.2 Å². The van der Waals surface area contributed by atoms with Crippen molar-refractivity contribution >= 4 is 17.5 Å². The number of nitrogens with one attached hydrogen (secondary N) is 1. The summed E-state index contributed by atoms with van der Waals surface area (Å²) in [4.78, 5) is 41.7. The zero-order valence-electron chi connectivity index (χ0n) is 14.8. The van der Waals surface area contributed by atoms with Gasteiger partial charge in [-0.15, -0.1) is 0 Å².